The van der Waals surface area contributed by atoms with Crippen molar-refractivity contribution in [1.82, 2.24) is 0 Å². The van der Waals surface area contributed by atoms with Crippen molar-refractivity contribution in [2.75, 3.05) is 4.72 Å². The molecule has 92 valence electrons. The third-order valence-electron chi connectivity index (χ3n) is 2.47. The second kappa shape index (κ2) is 4.44. The van der Waals surface area contributed by atoms with Crippen molar-refractivity contribution in [1.29, 1.82) is 0 Å². The molecule has 1 fully saturated rings. The molecule has 1 saturated carbocycles. The Hall–Kier alpha value is -0.850. The second-order valence-corrected chi connectivity index (χ2v) is 6.71. The maximum absolute atomic E-state index is 11.7. The molecule has 0 aromatic heterocycles. The lowest BCUT2D eigenvalue weighted by molar-refractivity contribution is 0.600. The van der Waals surface area contributed by atoms with Gasteiger partial charge in [0.25, 0.3) is 0 Å². The van der Waals surface area contributed by atoms with E-state index in [0.29, 0.717) is 29.1 Å². The fourth-order valence-corrected chi connectivity index (χ4v) is 3.18. The van der Waals surface area contributed by atoms with Gasteiger partial charge in [0.15, 0.2) is 0 Å². The maximum Gasteiger partial charge on any atom is 0.235 e. The van der Waals surface area contributed by atoms with Crippen LogP contribution in [0.4, 0.5) is 5.69 Å². The number of sulfonamides is 1. The Kier molecular flexibility index (Phi) is 3.29. The second-order valence-electron chi connectivity index (χ2n) is 3.91. The van der Waals surface area contributed by atoms with E-state index in [1.54, 1.807) is 18.2 Å². The summed E-state index contributed by atoms with van der Waals surface area (Å²) < 4.78 is 25.9. The largest absolute Gasteiger partial charge is 0.389 e. The zero-order chi connectivity index (χ0) is 12.6. The molecule has 0 aliphatic heterocycles. The zero-order valence-electron chi connectivity index (χ0n) is 8.81. The van der Waals surface area contributed by atoms with Crippen molar-refractivity contribution in [2.45, 2.75) is 18.1 Å². The third kappa shape index (κ3) is 2.88. The van der Waals surface area contributed by atoms with Crippen molar-refractivity contribution in [3.05, 3.63) is 28.8 Å². The molecule has 0 heterocycles. The number of thiocarbonyl (C=S) groups is 1. The summed E-state index contributed by atoms with van der Waals surface area (Å²) in [5.41, 5.74) is 6.42. The number of hydrogen-bond acceptors (Lipinski definition) is 3. The van der Waals surface area contributed by atoms with E-state index >= 15 is 0 Å². The van der Waals surface area contributed by atoms with Gasteiger partial charge in [-0.3, -0.25) is 4.72 Å². The highest BCUT2D eigenvalue weighted by molar-refractivity contribution is 7.93. The number of hydrogen-bond donors (Lipinski definition) is 2. The van der Waals surface area contributed by atoms with E-state index in [4.69, 9.17) is 29.6 Å². The molecular formula is C10H11ClN2O2S2. The van der Waals surface area contributed by atoms with Gasteiger partial charge >= 0.3 is 0 Å². The molecule has 1 aliphatic carbocycles. The van der Waals surface area contributed by atoms with Gasteiger partial charge in [-0.1, -0.05) is 23.8 Å². The summed E-state index contributed by atoms with van der Waals surface area (Å²) in [6.07, 6.45) is 1.41. The van der Waals surface area contributed by atoms with E-state index in [2.05, 4.69) is 4.72 Å². The Bertz CT molecular complexity index is 568. The van der Waals surface area contributed by atoms with Gasteiger partial charge in [0.1, 0.15) is 4.99 Å². The molecule has 7 heteroatoms. The molecular weight excluding hydrogens is 280 g/mol. The molecule has 2 rings (SSSR count). The van der Waals surface area contributed by atoms with E-state index in [9.17, 15) is 8.42 Å². The van der Waals surface area contributed by atoms with Gasteiger partial charge in [0.2, 0.25) is 10.0 Å². The predicted octanol–water partition coefficient (Wildman–Crippen LogP) is 1.88. The summed E-state index contributed by atoms with van der Waals surface area (Å²) >= 11 is 10.8. The molecule has 0 radical (unpaired) electrons. The normalized spacial score (nSPS) is 15.6. The first-order valence-corrected chi connectivity index (χ1v) is 7.34. The Morgan fingerprint density at radius 3 is 2.59 bits per heavy atom. The number of nitrogens with one attached hydrogen (secondary N) is 1. The topological polar surface area (TPSA) is 72.2 Å². The summed E-state index contributed by atoms with van der Waals surface area (Å²) in [4.78, 5) is 0.225. The average Bonchev–Trinajstić information content (AvgIpc) is 3.04. The summed E-state index contributed by atoms with van der Waals surface area (Å²) in [5, 5.41) is 0.00773. The number of rotatable bonds is 4. The lowest BCUT2D eigenvalue weighted by Crippen LogP contribution is -2.18. The SMILES string of the molecule is NC(=S)c1ccc(NS(=O)(=O)C2CC2)c(Cl)c1. The van der Waals surface area contributed by atoms with Crippen LogP contribution in [0.15, 0.2) is 18.2 Å². The van der Waals surface area contributed by atoms with Crippen LogP contribution in [-0.4, -0.2) is 18.7 Å². The van der Waals surface area contributed by atoms with Gasteiger partial charge in [0, 0.05) is 5.56 Å². The van der Waals surface area contributed by atoms with Crippen LogP contribution in [0.3, 0.4) is 0 Å². The van der Waals surface area contributed by atoms with Crippen LogP contribution in [0.1, 0.15) is 18.4 Å². The predicted molar refractivity (Wildman–Crippen MR) is 72.9 cm³/mol. The van der Waals surface area contributed by atoms with Crippen LogP contribution in [0.5, 0.6) is 0 Å². The van der Waals surface area contributed by atoms with Crippen LogP contribution in [-0.2, 0) is 10.0 Å². The van der Waals surface area contributed by atoms with Gasteiger partial charge in [-0.25, -0.2) is 8.42 Å². The monoisotopic (exact) mass is 290 g/mol. The van der Waals surface area contributed by atoms with Crippen molar-refractivity contribution in [2.24, 2.45) is 5.73 Å². The molecule has 0 atom stereocenters. The smallest absolute Gasteiger partial charge is 0.235 e. The van der Waals surface area contributed by atoms with Gasteiger partial charge in [-0.2, -0.15) is 0 Å². The first kappa shape index (κ1) is 12.6. The highest BCUT2D eigenvalue weighted by Crippen LogP contribution is 2.32. The first-order valence-electron chi connectivity index (χ1n) is 5.01. The lowest BCUT2D eigenvalue weighted by atomic mass is 10.2. The quantitative estimate of drug-likeness (QED) is 0.831. The summed E-state index contributed by atoms with van der Waals surface area (Å²) in [7, 11) is -3.29. The molecule has 0 bridgehead atoms. The fraction of sp³-hybridized carbons (Fsp3) is 0.300. The Morgan fingerprint density at radius 2 is 2.12 bits per heavy atom. The highest BCUT2D eigenvalue weighted by Gasteiger charge is 2.35. The highest BCUT2D eigenvalue weighted by atomic mass is 35.5. The Balaban J connectivity index is 2.25. The van der Waals surface area contributed by atoms with Crippen LogP contribution < -0.4 is 10.5 Å². The molecule has 0 spiro atoms. The minimum Gasteiger partial charge on any atom is -0.389 e. The number of halogens is 1. The molecule has 17 heavy (non-hydrogen) atoms. The number of anilines is 1. The molecule has 0 saturated heterocycles. The van der Waals surface area contributed by atoms with Gasteiger partial charge < -0.3 is 5.73 Å². The summed E-state index contributed by atoms with van der Waals surface area (Å²) in [6.45, 7) is 0. The number of benzene rings is 1. The van der Waals surface area contributed by atoms with Crippen molar-refractivity contribution in [3.8, 4) is 0 Å². The first-order chi connectivity index (χ1) is 7.90. The molecule has 0 unspecified atom stereocenters. The van der Waals surface area contributed by atoms with E-state index in [0.717, 1.165) is 0 Å². The molecule has 1 aromatic rings. The molecule has 4 nitrogen and oxygen atoms in total. The van der Waals surface area contributed by atoms with E-state index in [-0.39, 0.29) is 10.2 Å². The Labute approximate surface area is 110 Å². The fourth-order valence-electron chi connectivity index (χ4n) is 1.37. The van der Waals surface area contributed by atoms with Gasteiger partial charge in [0.05, 0.1) is 16.0 Å². The van der Waals surface area contributed by atoms with Crippen LogP contribution >= 0.6 is 23.8 Å². The van der Waals surface area contributed by atoms with Gasteiger partial charge in [-0.05, 0) is 31.0 Å². The lowest BCUT2D eigenvalue weighted by Gasteiger charge is -2.09. The molecule has 1 aliphatic rings. The standard InChI is InChI=1S/C10H11ClN2O2S2/c11-8-5-6(10(12)16)1-4-9(8)13-17(14,15)7-2-3-7/h1,4-5,7,13H,2-3H2,(H2,12,16). The van der Waals surface area contributed by atoms with Crippen LogP contribution in [0.25, 0.3) is 0 Å². The molecule has 0 amide bonds. The minimum atomic E-state index is -3.29. The van der Waals surface area contributed by atoms with Crippen molar-refractivity contribution >= 4 is 44.5 Å². The number of nitrogens with two attached hydrogens (primary N) is 1. The summed E-state index contributed by atoms with van der Waals surface area (Å²) in [5.74, 6) is 0. The van der Waals surface area contributed by atoms with Crippen molar-refractivity contribution in [3.63, 3.8) is 0 Å². The average molecular weight is 291 g/mol. The third-order valence-corrected chi connectivity index (χ3v) is 4.87. The molecule has 3 N–H and O–H groups in total. The van der Waals surface area contributed by atoms with Gasteiger partial charge in [-0.15, -0.1) is 0 Å². The van der Waals surface area contributed by atoms with E-state index < -0.39 is 10.0 Å². The van der Waals surface area contributed by atoms with E-state index in [1.165, 1.54) is 0 Å². The van der Waals surface area contributed by atoms with Crippen LogP contribution in [0, 0.1) is 0 Å². The maximum atomic E-state index is 11.7. The summed E-state index contributed by atoms with van der Waals surface area (Å²) in [6, 6.07) is 4.75. The zero-order valence-corrected chi connectivity index (χ0v) is 11.2. The van der Waals surface area contributed by atoms with Crippen molar-refractivity contribution < 1.29 is 8.42 Å². The molecule has 1 aromatic carbocycles. The van der Waals surface area contributed by atoms with Crippen LogP contribution in [0.2, 0.25) is 5.02 Å². The Morgan fingerprint density at radius 1 is 1.47 bits per heavy atom. The van der Waals surface area contributed by atoms with E-state index in [1.807, 2.05) is 0 Å². The minimum absolute atomic E-state index is 0.225.